The zero-order chi connectivity index (χ0) is 10.3. The van der Waals surface area contributed by atoms with E-state index in [1.54, 1.807) is 0 Å². The molecule has 4 amide bonds. The predicted molar refractivity (Wildman–Crippen MR) is 47.1 cm³/mol. The molecule has 6 heteroatoms. The summed E-state index contributed by atoms with van der Waals surface area (Å²) < 4.78 is 0. The van der Waals surface area contributed by atoms with Crippen LogP contribution in [0.2, 0.25) is 0 Å². The zero-order valence-corrected chi connectivity index (χ0v) is 10.9. The fraction of sp³-hybridized carbons (Fsp3) is 0.667. The average molecular weight is 219 g/mol. The normalized spacial score (nSPS) is 28.3. The topological polar surface area (TPSA) is 75.3 Å². The van der Waals surface area contributed by atoms with Crippen molar-refractivity contribution in [3.8, 4) is 0 Å². The number of imide groups is 2. The van der Waals surface area contributed by atoms with Gasteiger partial charge in [-0.3, -0.25) is 20.2 Å². The average Bonchev–Trinajstić information content (AvgIpc) is 2.45. The largest absolute Gasteiger partial charge is 1.00 e. The minimum Gasteiger partial charge on any atom is -0.277 e. The molecule has 2 fully saturated rings. The SMILES string of the molecule is CC1CCCC12C(=O)NC(=O)NC2=O.[Na+]. The van der Waals surface area contributed by atoms with Crippen LogP contribution < -0.4 is 40.2 Å². The Morgan fingerprint density at radius 3 is 2.13 bits per heavy atom. The molecule has 1 unspecified atom stereocenters. The van der Waals surface area contributed by atoms with Gasteiger partial charge in [-0.15, -0.1) is 0 Å². The number of carbonyl (C=O) groups excluding carboxylic acids is 3. The molecule has 0 bridgehead atoms. The number of rotatable bonds is 0. The Balaban J connectivity index is 0.00000112. The van der Waals surface area contributed by atoms with Crippen LogP contribution in [0.3, 0.4) is 0 Å². The van der Waals surface area contributed by atoms with Gasteiger partial charge in [-0.2, -0.15) is 0 Å². The van der Waals surface area contributed by atoms with Crippen LogP contribution in [0.4, 0.5) is 4.79 Å². The van der Waals surface area contributed by atoms with Gasteiger partial charge >= 0.3 is 35.6 Å². The van der Waals surface area contributed by atoms with Crippen LogP contribution >= 0.6 is 0 Å². The third-order valence-corrected chi connectivity index (χ3v) is 3.31. The van der Waals surface area contributed by atoms with E-state index in [-0.39, 0.29) is 35.5 Å². The minimum absolute atomic E-state index is 0. The van der Waals surface area contributed by atoms with Gasteiger partial charge in [-0.05, 0) is 18.8 Å². The van der Waals surface area contributed by atoms with E-state index in [2.05, 4.69) is 10.6 Å². The number of amides is 4. The molecule has 2 aliphatic rings. The van der Waals surface area contributed by atoms with E-state index in [1.807, 2.05) is 6.92 Å². The maximum absolute atomic E-state index is 11.7. The molecule has 1 spiro atoms. The van der Waals surface area contributed by atoms with Gasteiger partial charge in [0.1, 0.15) is 5.41 Å². The molecule has 1 saturated heterocycles. The molecular formula is C9H12N2NaO3+. The quantitative estimate of drug-likeness (QED) is 0.340. The fourth-order valence-electron chi connectivity index (χ4n) is 2.42. The standard InChI is InChI=1S/C9H12N2O3.Na/c1-5-3-2-4-9(5)6(12)10-8(14)11-7(9)13;/h5H,2-4H2,1H3,(H2,10,11,12,13,14);/q;+1. The predicted octanol–water partition coefficient (Wildman–Crippen LogP) is -2.84. The molecule has 5 nitrogen and oxygen atoms in total. The van der Waals surface area contributed by atoms with Gasteiger partial charge in [0.15, 0.2) is 0 Å². The Kier molecular flexibility index (Phi) is 3.58. The number of hydrogen-bond acceptors (Lipinski definition) is 3. The summed E-state index contributed by atoms with van der Waals surface area (Å²) in [5, 5.41) is 4.33. The van der Waals surface area contributed by atoms with Gasteiger partial charge in [0, 0.05) is 0 Å². The van der Waals surface area contributed by atoms with Gasteiger partial charge in [-0.1, -0.05) is 13.3 Å². The molecule has 1 saturated carbocycles. The molecule has 0 aromatic rings. The van der Waals surface area contributed by atoms with Crippen LogP contribution in [-0.2, 0) is 9.59 Å². The van der Waals surface area contributed by atoms with E-state index in [4.69, 9.17) is 0 Å². The summed E-state index contributed by atoms with van der Waals surface area (Å²) in [5.74, 6) is -0.858. The van der Waals surface area contributed by atoms with Crippen LogP contribution in [0.5, 0.6) is 0 Å². The van der Waals surface area contributed by atoms with E-state index in [0.29, 0.717) is 6.42 Å². The summed E-state index contributed by atoms with van der Waals surface area (Å²) in [6.45, 7) is 1.88. The summed E-state index contributed by atoms with van der Waals surface area (Å²) in [4.78, 5) is 34.2. The van der Waals surface area contributed by atoms with Crippen LogP contribution in [0.15, 0.2) is 0 Å². The molecular weight excluding hydrogens is 207 g/mol. The van der Waals surface area contributed by atoms with Crippen molar-refractivity contribution in [1.29, 1.82) is 0 Å². The van der Waals surface area contributed by atoms with Crippen molar-refractivity contribution in [2.75, 3.05) is 0 Å². The molecule has 1 heterocycles. The van der Waals surface area contributed by atoms with Crippen molar-refractivity contribution in [3.63, 3.8) is 0 Å². The summed E-state index contributed by atoms with van der Waals surface area (Å²) >= 11 is 0. The Morgan fingerprint density at radius 2 is 1.73 bits per heavy atom. The van der Waals surface area contributed by atoms with Crippen LogP contribution in [-0.4, -0.2) is 17.8 Å². The molecule has 2 rings (SSSR count). The molecule has 1 atom stereocenters. The molecule has 1 aliphatic heterocycles. The van der Waals surface area contributed by atoms with Crippen molar-refractivity contribution in [1.82, 2.24) is 10.6 Å². The van der Waals surface area contributed by atoms with Gasteiger partial charge in [0.05, 0.1) is 0 Å². The number of nitrogens with one attached hydrogen (secondary N) is 2. The van der Waals surface area contributed by atoms with Gasteiger partial charge in [0.2, 0.25) is 11.8 Å². The molecule has 0 aromatic carbocycles. The van der Waals surface area contributed by atoms with Crippen LogP contribution in [0.25, 0.3) is 0 Å². The maximum Gasteiger partial charge on any atom is 1.00 e. The smallest absolute Gasteiger partial charge is 0.277 e. The summed E-state index contributed by atoms with van der Waals surface area (Å²) in [5.41, 5.74) is -0.992. The van der Waals surface area contributed by atoms with Crippen LogP contribution in [0, 0.1) is 11.3 Å². The Morgan fingerprint density at radius 1 is 1.20 bits per heavy atom. The first-order chi connectivity index (χ1) is 6.57. The second-order valence-corrected chi connectivity index (χ2v) is 4.00. The number of hydrogen-bond donors (Lipinski definition) is 2. The van der Waals surface area contributed by atoms with Crippen LogP contribution in [0.1, 0.15) is 26.2 Å². The molecule has 0 aromatic heterocycles. The second-order valence-electron chi connectivity index (χ2n) is 4.00. The number of barbiturate groups is 1. The van der Waals surface area contributed by atoms with E-state index in [9.17, 15) is 14.4 Å². The fourth-order valence-corrected chi connectivity index (χ4v) is 2.42. The van der Waals surface area contributed by atoms with Gasteiger partial charge < -0.3 is 0 Å². The zero-order valence-electron chi connectivity index (χ0n) is 8.92. The first-order valence-corrected chi connectivity index (χ1v) is 4.74. The summed E-state index contributed by atoms with van der Waals surface area (Å²) in [6.07, 6.45) is 2.25. The van der Waals surface area contributed by atoms with Crippen molar-refractivity contribution in [2.24, 2.45) is 11.3 Å². The van der Waals surface area contributed by atoms with Gasteiger partial charge in [-0.25, -0.2) is 4.79 Å². The maximum atomic E-state index is 11.7. The molecule has 76 valence electrons. The Labute approximate surface area is 110 Å². The molecule has 15 heavy (non-hydrogen) atoms. The second kappa shape index (κ2) is 4.23. The summed E-state index contributed by atoms with van der Waals surface area (Å²) in [6, 6.07) is -0.704. The number of carbonyl (C=O) groups is 3. The third-order valence-electron chi connectivity index (χ3n) is 3.31. The Hall–Kier alpha value is -0.390. The Bertz CT molecular complexity index is 309. The minimum atomic E-state index is -0.992. The van der Waals surface area contributed by atoms with E-state index < -0.39 is 23.3 Å². The van der Waals surface area contributed by atoms with Gasteiger partial charge in [0.25, 0.3) is 0 Å². The summed E-state index contributed by atoms with van der Waals surface area (Å²) in [7, 11) is 0. The van der Waals surface area contributed by atoms with E-state index in [1.165, 1.54) is 0 Å². The van der Waals surface area contributed by atoms with Crippen molar-refractivity contribution >= 4 is 17.8 Å². The monoisotopic (exact) mass is 219 g/mol. The first kappa shape index (κ1) is 12.7. The van der Waals surface area contributed by atoms with E-state index >= 15 is 0 Å². The van der Waals surface area contributed by atoms with Crippen molar-refractivity contribution < 1.29 is 43.9 Å². The van der Waals surface area contributed by atoms with Crippen molar-refractivity contribution in [3.05, 3.63) is 0 Å². The number of urea groups is 1. The first-order valence-electron chi connectivity index (χ1n) is 4.74. The van der Waals surface area contributed by atoms with Crippen molar-refractivity contribution in [2.45, 2.75) is 26.2 Å². The molecule has 0 radical (unpaired) electrons. The van der Waals surface area contributed by atoms with E-state index in [0.717, 1.165) is 12.8 Å². The molecule has 2 N–H and O–H groups in total. The molecule has 1 aliphatic carbocycles. The third kappa shape index (κ3) is 1.73.